The standard InChI is InChI=1S/C85H96N2/c1-49-39-72-75-73(40-49)87(70-36-33-54(79(8,9)10)42-56(70)50-27-30-52(31-28-50)77(2,3)4)71-48-69-64(84(19,20)67-46-65-66(47-68(67)85(69,21)22)83(17,18)62-26-24-23-25-61(62)82(65,15)16)45-58(71)74(75)59-41-51-29-32-53(78(5,6)7)43-57(51)76(59)86(72)55-34-35-60-63(44-55)81(13,14)38-37-80(60,11)12/h23-36,39-40,42-48,74H,37-38,41H2,1-22H3. The van der Waals surface area contributed by atoms with Gasteiger partial charge < -0.3 is 9.80 Å². The van der Waals surface area contributed by atoms with E-state index in [1.54, 1.807) is 0 Å². The van der Waals surface area contributed by atoms with Gasteiger partial charge in [-0.2, -0.15) is 0 Å². The summed E-state index contributed by atoms with van der Waals surface area (Å²) in [6.07, 6.45) is 3.25. The van der Waals surface area contributed by atoms with Crippen LogP contribution in [-0.2, 0) is 55.2 Å². The van der Waals surface area contributed by atoms with Gasteiger partial charge in [0, 0.05) is 50.0 Å². The molecule has 8 aromatic rings. The average Bonchev–Trinajstić information content (AvgIpc) is 1.62. The summed E-state index contributed by atoms with van der Waals surface area (Å²) >= 11 is 0. The molecule has 0 saturated carbocycles. The Kier molecular flexibility index (Phi) is 12.1. The highest BCUT2D eigenvalue weighted by Gasteiger charge is 2.52. The first-order valence-corrected chi connectivity index (χ1v) is 32.9. The zero-order valence-electron chi connectivity index (χ0n) is 56.9. The molecule has 0 amide bonds. The minimum Gasteiger partial charge on any atom is -0.309 e. The fourth-order valence-corrected chi connectivity index (χ4v) is 17.3. The molecule has 0 saturated heterocycles. The lowest BCUT2D eigenvalue weighted by atomic mass is 9.54. The van der Waals surface area contributed by atoms with Crippen molar-refractivity contribution in [1.82, 2.24) is 0 Å². The van der Waals surface area contributed by atoms with Crippen molar-refractivity contribution in [1.29, 1.82) is 0 Å². The van der Waals surface area contributed by atoms with E-state index in [0.717, 1.165) is 6.42 Å². The number of allylic oxidation sites excluding steroid dienone is 1. The maximum Gasteiger partial charge on any atom is 0.0542 e. The Morgan fingerprint density at radius 2 is 0.851 bits per heavy atom. The maximum absolute atomic E-state index is 2.76. The second kappa shape index (κ2) is 18.1. The Labute approximate surface area is 523 Å². The van der Waals surface area contributed by atoms with Crippen LogP contribution in [0.15, 0.2) is 145 Å². The second-order valence-corrected chi connectivity index (χ2v) is 34.2. The van der Waals surface area contributed by atoms with Crippen LogP contribution in [0.25, 0.3) is 16.8 Å². The van der Waals surface area contributed by atoms with Gasteiger partial charge >= 0.3 is 0 Å². The predicted octanol–water partition coefficient (Wildman–Crippen LogP) is 22.9. The summed E-state index contributed by atoms with van der Waals surface area (Å²) in [6, 6.07) is 57.4. The van der Waals surface area contributed by atoms with Crippen molar-refractivity contribution in [2.45, 2.75) is 226 Å². The van der Waals surface area contributed by atoms with Gasteiger partial charge in [0.15, 0.2) is 0 Å². The van der Waals surface area contributed by atoms with Crippen molar-refractivity contribution in [3.63, 3.8) is 0 Å². The number of hydrogen-bond donors (Lipinski definition) is 0. The van der Waals surface area contributed by atoms with Gasteiger partial charge in [-0.15, -0.1) is 0 Å². The fourth-order valence-electron chi connectivity index (χ4n) is 17.3. The van der Waals surface area contributed by atoms with Crippen molar-refractivity contribution in [3.8, 4) is 11.1 Å². The van der Waals surface area contributed by atoms with Crippen LogP contribution in [0.3, 0.4) is 0 Å². The molecule has 0 N–H and O–H groups in total. The lowest BCUT2D eigenvalue weighted by Crippen LogP contribution is -2.41. The number of nitrogens with zero attached hydrogens (tertiary/aromatic N) is 2. The third-order valence-electron chi connectivity index (χ3n) is 23.0. The quantitative estimate of drug-likeness (QED) is 0.174. The molecule has 1 atom stereocenters. The molecular weight excluding hydrogens is 1050 g/mol. The molecule has 6 aliphatic rings. The highest BCUT2D eigenvalue weighted by molar-refractivity contribution is 6.04. The van der Waals surface area contributed by atoms with E-state index >= 15 is 0 Å². The van der Waals surface area contributed by atoms with Crippen molar-refractivity contribution >= 4 is 34.1 Å². The molecule has 0 aromatic heterocycles. The van der Waals surface area contributed by atoms with Crippen LogP contribution in [0.2, 0.25) is 0 Å². The van der Waals surface area contributed by atoms with Crippen LogP contribution >= 0.6 is 0 Å². The van der Waals surface area contributed by atoms with E-state index in [0.29, 0.717) is 0 Å². The van der Waals surface area contributed by atoms with Crippen molar-refractivity contribution in [2.24, 2.45) is 0 Å². The van der Waals surface area contributed by atoms with Gasteiger partial charge in [-0.3, -0.25) is 0 Å². The third kappa shape index (κ3) is 8.29. The molecule has 0 bridgehead atoms. The highest BCUT2D eigenvalue weighted by atomic mass is 15.2. The molecule has 87 heavy (non-hydrogen) atoms. The minimum atomic E-state index is -0.331. The summed E-state index contributed by atoms with van der Waals surface area (Å²) in [5, 5.41) is 0. The molecule has 0 spiro atoms. The highest BCUT2D eigenvalue weighted by Crippen LogP contribution is 2.66. The fraction of sp³-hybridized carbons (Fsp3) is 0.412. The van der Waals surface area contributed by atoms with Crippen molar-refractivity contribution < 1.29 is 0 Å². The van der Waals surface area contributed by atoms with E-state index in [1.807, 2.05) is 0 Å². The molecule has 2 nitrogen and oxygen atoms in total. The molecular formula is C85H96N2. The summed E-state index contributed by atoms with van der Waals surface area (Å²) in [7, 11) is 0. The van der Waals surface area contributed by atoms with Crippen LogP contribution in [-0.4, -0.2) is 0 Å². The molecule has 446 valence electrons. The molecule has 2 aliphatic heterocycles. The molecule has 0 fully saturated rings. The van der Waals surface area contributed by atoms with Gasteiger partial charge in [-0.1, -0.05) is 236 Å². The number of benzene rings is 8. The number of fused-ring (bicyclic) bond motifs is 10. The van der Waals surface area contributed by atoms with Gasteiger partial charge in [0.2, 0.25) is 0 Å². The Morgan fingerprint density at radius 3 is 1.40 bits per heavy atom. The number of rotatable bonds is 3. The van der Waals surface area contributed by atoms with Gasteiger partial charge in [0.1, 0.15) is 0 Å². The first kappa shape index (κ1) is 57.8. The largest absolute Gasteiger partial charge is 0.309 e. The van der Waals surface area contributed by atoms with Crippen molar-refractivity contribution in [2.75, 3.05) is 9.80 Å². The summed E-state index contributed by atoms with van der Waals surface area (Å²) in [6.45, 7) is 53.5. The predicted molar refractivity (Wildman–Crippen MR) is 372 cm³/mol. The SMILES string of the molecule is Cc1cc2c3c(c1)N(c1ccc(C(C)(C)C)cc1-c1ccc(C(C)(C)C)cc1)c1cc4c(cc1C3C1=C(c3cc(C(C)(C)C)ccc3C1)N2c1ccc2c(c1)C(C)(C)CCC2(C)C)C(C)(C)c1cc2c(cc1C4(C)C)C(C)(C)c1ccccc1C2(C)C. The Bertz CT molecular complexity index is 4310. The van der Waals surface area contributed by atoms with E-state index in [4.69, 9.17) is 0 Å². The van der Waals surface area contributed by atoms with Crippen LogP contribution in [0.5, 0.6) is 0 Å². The molecule has 2 heteroatoms. The van der Waals surface area contributed by atoms with E-state index < -0.39 is 0 Å². The number of aryl methyl sites for hydroxylation is 1. The van der Waals surface area contributed by atoms with Gasteiger partial charge in [-0.05, 0) is 202 Å². The number of hydrogen-bond acceptors (Lipinski definition) is 2. The first-order valence-electron chi connectivity index (χ1n) is 32.9. The Balaban J connectivity index is 1.10. The molecule has 0 radical (unpaired) electrons. The van der Waals surface area contributed by atoms with Gasteiger partial charge in [-0.25, -0.2) is 0 Å². The molecule has 4 aliphatic carbocycles. The van der Waals surface area contributed by atoms with Crippen LogP contribution in [0.4, 0.5) is 28.4 Å². The maximum atomic E-state index is 2.76. The average molecular weight is 1150 g/mol. The molecule has 14 rings (SSSR count). The number of anilines is 5. The smallest absolute Gasteiger partial charge is 0.0542 e. The lowest BCUT2D eigenvalue weighted by molar-refractivity contribution is 0.332. The zero-order valence-corrected chi connectivity index (χ0v) is 56.9. The van der Waals surface area contributed by atoms with E-state index in [9.17, 15) is 0 Å². The van der Waals surface area contributed by atoms with Gasteiger partial charge in [0.25, 0.3) is 0 Å². The molecule has 8 aromatic carbocycles. The van der Waals surface area contributed by atoms with E-state index in [2.05, 4.69) is 302 Å². The van der Waals surface area contributed by atoms with Crippen LogP contribution in [0, 0.1) is 6.92 Å². The molecule has 2 heterocycles. The second-order valence-electron chi connectivity index (χ2n) is 34.2. The normalized spacial score (nSPS) is 20.0. The van der Waals surface area contributed by atoms with Crippen LogP contribution in [0.1, 0.15) is 264 Å². The summed E-state index contributed by atoms with van der Waals surface area (Å²) in [5.74, 6) is 0.000307. The summed E-state index contributed by atoms with van der Waals surface area (Å²) in [5.41, 5.74) is 36.4. The van der Waals surface area contributed by atoms with Crippen molar-refractivity contribution in [3.05, 3.63) is 245 Å². The Morgan fingerprint density at radius 1 is 0.379 bits per heavy atom. The monoisotopic (exact) mass is 1140 g/mol. The Hall–Kier alpha value is -6.90. The van der Waals surface area contributed by atoms with Gasteiger partial charge in [0.05, 0.1) is 28.4 Å². The van der Waals surface area contributed by atoms with Crippen LogP contribution < -0.4 is 9.80 Å². The lowest BCUT2D eigenvalue weighted by Gasteiger charge is -2.50. The first-order chi connectivity index (χ1) is 40.4. The topological polar surface area (TPSA) is 6.48 Å². The zero-order chi connectivity index (χ0) is 62.2. The van der Waals surface area contributed by atoms with E-state index in [1.165, 1.54) is 164 Å². The summed E-state index contributed by atoms with van der Waals surface area (Å²) in [4.78, 5) is 5.52. The van der Waals surface area contributed by atoms with E-state index in [-0.39, 0.29) is 54.7 Å². The minimum absolute atomic E-state index is 0.000307. The summed E-state index contributed by atoms with van der Waals surface area (Å²) < 4.78 is 0. The molecule has 1 unspecified atom stereocenters. The third-order valence-corrected chi connectivity index (χ3v) is 23.0.